The van der Waals surface area contributed by atoms with Crippen LogP contribution in [0.2, 0.25) is 0 Å². The van der Waals surface area contributed by atoms with Crippen LogP contribution in [-0.2, 0) is 0 Å². The normalized spacial score (nSPS) is 11.3. The van der Waals surface area contributed by atoms with Crippen molar-refractivity contribution in [2.75, 3.05) is 4.90 Å². The zero-order valence-electron chi connectivity index (χ0n) is 36.3. The van der Waals surface area contributed by atoms with Crippen molar-refractivity contribution in [2.24, 2.45) is 0 Å². The number of rotatable bonds is 9. The van der Waals surface area contributed by atoms with Crippen molar-refractivity contribution in [3.8, 4) is 61.3 Å². The van der Waals surface area contributed by atoms with Gasteiger partial charge in [0.15, 0.2) is 0 Å². The fraction of sp³-hybridized carbons (Fsp3) is 0. The summed E-state index contributed by atoms with van der Waals surface area (Å²) in [6.07, 6.45) is 0. The maximum absolute atomic E-state index is 2.41. The van der Waals surface area contributed by atoms with Crippen LogP contribution in [-0.4, -0.2) is 4.57 Å². The molecule has 0 radical (unpaired) electrons. The summed E-state index contributed by atoms with van der Waals surface area (Å²) in [5, 5.41) is 5.02. The molecular weight excluding hydrogens is 797 g/mol. The molecule has 0 unspecified atom stereocenters. The van der Waals surface area contributed by atoms with E-state index in [9.17, 15) is 0 Å². The largest absolute Gasteiger partial charge is 0.310 e. The quantitative estimate of drug-likeness (QED) is 0.141. The average molecular weight is 841 g/mol. The zero-order chi connectivity index (χ0) is 43.8. The summed E-state index contributed by atoms with van der Waals surface area (Å²) in [6, 6.07) is 96.8. The summed E-state index contributed by atoms with van der Waals surface area (Å²) in [7, 11) is 0. The third-order valence-electron chi connectivity index (χ3n) is 13.1. The minimum atomic E-state index is 1.08. The summed E-state index contributed by atoms with van der Waals surface area (Å²) < 4.78 is 2.41. The Kier molecular flexibility index (Phi) is 9.89. The van der Waals surface area contributed by atoms with E-state index in [1.807, 2.05) is 0 Å². The Morgan fingerprint density at radius 3 is 1.35 bits per heavy atom. The second-order valence-corrected chi connectivity index (χ2v) is 16.8. The van der Waals surface area contributed by atoms with Crippen molar-refractivity contribution in [1.29, 1.82) is 0 Å². The summed E-state index contributed by atoms with van der Waals surface area (Å²) in [6.45, 7) is 0. The van der Waals surface area contributed by atoms with Gasteiger partial charge in [-0.2, -0.15) is 0 Å². The molecule has 0 saturated carbocycles. The van der Waals surface area contributed by atoms with Gasteiger partial charge in [0.1, 0.15) is 0 Å². The number of hydrogen-bond donors (Lipinski definition) is 0. The van der Waals surface area contributed by atoms with E-state index < -0.39 is 0 Å². The van der Waals surface area contributed by atoms with E-state index in [0.29, 0.717) is 0 Å². The van der Waals surface area contributed by atoms with E-state index in [0.717, 1.165) is 28.2 Å². The van der Waals surface area contributed by atoms with Crippen LogP contribution in [0.5, 0.6) is 0 Å². The van der Waals surface area contributed by atoms with E-state index in [1.165, 1.54) is 82.8 Å². The van der Waals surface area contributed by atoms with Gasteiger partial charge in [-0.25, -0.2) is 0 Å². The molecule has 0 N–H and O–H groups in total. The molecule has 2 heteroatoms. The van der Waals surface area contributed by atoms with Crippen molar-refractivity contribution in [1.82, 2.24) is 4.57 Å². The number of fused-ring (bicyclic) bond motifs is 4. The summed E-state index contributed by atoms with van der Waals surface area (Å²) in [5.41, 5.74) is 18.7. The Morgan fingerprint density at radius 1 is 0.242 bits per heavy atom. The minimum absolute atomic E-state index is 1.08. The van der Waals surface area contributed by atoms with E-state index in [4.69, 9.17) is 0 Å². The van der Waals surface area contributed by atoms with Gasteiger partial charge < -0.3 is 9.47 Å². The van der Waals surface area contributed by atoms with Crippen LogP contribution in [0.1, 0.15) is 0 Å². The molecule has 11 aromatic carbocycles. The van der Waals surface area contributed by atoms with E-state index in [2.05, 4.69) is 276 Å². The molecule has 2 nitrogen and oxygen atoms in total. The Bertz CT molecular complexity index is 3620. The first-order chi connectivity index (χ1) is 32.8. The molecule has 0 fully saturated rings. The summed E-state index contributed by atoms with van der Waals surface area (Å²) >= 11 is 0. The molecule has 66 heavy (non-hydrogen) atoms. The SMILES string of the molecule is c1ccc(-c2ccccc2-c2ccccc2N(c2ccc(-c3ccc(-c4ccccc4-n4c5ccccc5c5ccccc54)cc3)cc2)c2ccc(-c3cccc4ccccc34)cc2)cc1. The molecule has 0 aliphatic rings. The highest BCUT2D eigenvalue weighted by molar-refractivity contribution is 6.10. The standard InChI is InChI=1S/C64H44N2/c1-2-17-47(18-3-1)55-22-6-7-24-57(55)58-25-9-13-30-62(58)65(52-43-39-49(40-44-52)54-28-16-20-48-19-4-5-21-53(48)54)51-41-37-46(38-42-51)45-33-35-50(36-34-45)56-23-8-12-29-61(56)66-63-31-14-10-26-59(63)60-27-11-15-32-64(60)66/h1-44H. The third-order valence-corrected chi connectivity index (χ3v) is 13.1. The highest BCUT2D eigenvalue weighted by Crippen LogP contribution is 2.45. The van der Waals surface area contributed by atoms with Gasteiger partial charge in [0.25, 0.3) is 0 Å². The number of hydrogen-bond acceptors (Lipinski definition) is 1. The number of aromatic nitrogens is 1. The molecule has 0 amide bonds. The topological polar surface area (TPSA) is 8.17 Å². The third kappa shape index (κ3) is 6.93. The van der Waals surface area contributed by atoms with Crippen molar-refractivity contribution in [3.05, 3.63) is 267 Å². The molecule has 12 aromatic rings. The molecule has 0 spiro atoms. The lowest BCUT2D eigenvalue weighted by molar-refractivity contribution is 1.18. The predicted octanol–water partition coefficient (Wildman–Crippen LogP) is 17.7. The summed E-state index contributed by atoms with van der Waals surface area (Å²) in [5.74, 6) is 0. The maximum atomic E-state index is 2.41. The van der Waals surface area contributed by atoms with Crippen LogP contribution in [0, 0.1) is 0 Å². The van der Waals surface area contributed by atoms with E-state index >= 15 is 0 Å². The average Bonchev–Trinajstić information content (AvgIpc) is 3.74. The van der Waals surface area contributed by atoms with Crippen molar-refractivity contribution < 1.29 is 0 Å². The molecule has 0 saturated heterocycles. The second kappa shape index (κ2) is 16.8. The van der Waals surface area contributed by atoms with Crippen LogP contribution >= 0.6 is 0 Å². The molecule has 0 bridgehead atoms. The molecule has 12 rings (SSSR count). The van der Waals surface area contributed by atoms with Crippen LogP contribution in [0.25, 0.3) is 93.9 Å². The monoisotopic (exact) mass is 840 g/mol. The smallest absolute Gasteiger partial charge is 0.0541 e. The van der Waals surface area contributed by atoms with Crippen LogP contribution < -0.4 is 4.90 Å². The lowest BCUT2D eigenvalue weighted by Gasteiger charge is -2.29. The Labute approximate surface area is 385 Å². The zero-order valence-corrected chi connectivity index (χ0v) is 36.3. The highest BCUT2D eigenvalue weighted by Gasteiger charge is 2.20. The van der Waals surface area contributed by atoms with E-state index in [-0.39, 0.29) is 0 Å². The van der Waals surface area contributed by atoms with E-state index in [1.54, 1.807) is 0 Å². The van der Waals surface area contributed by atoms with Crippen LogP contribution in [0.15, 0.2) is 267 Å². The Hall–Kier alpha value is -8.72. The van der Waals surface area contributed by atoms with Gasteiger partial charge in [0, 0.05) is 33.3 Å². The number of para-hydroxylation sites is 4. The first-order valence-electron chi connectivity index (χ1n) is 22.7. The Morgan fingerprint density at radius 2 is 0.667 bits per heavy atom. The highest BCUT2D eigenvalue weighted by atomic mass is 15.1. The number of nitrogens with zero attached hydrogens (tertiary/aromatic N) is 2. The van der Waals surface area contributed by atoms with Crippen molar-refractivity contribution >= 4 is 49.6 Å². The minimum Gasteiger partial charge on any atom is -0.310 e. The van der Waals surface area contributed by atoms with Crippen LogP contribution in [0.4, 0.5) is 17.1 Å². The van der Waals surface area contributed by atoms with Crippen LogP contribution in [0.3, 0.4) is 0 Å². The molecule has 0 aliphatic carbocycles. The lowest BCUT2D eigenvalue weighted by Crippen LogP contribution is -2.11. The molecule has 0 aliphatic heterocycles. The molecule has 0 atom stereocenters. The Balaban J connectivity index is 0.929. The van der Waals surface area contributed by atoms with Gasteiger partial charge >= 0.3 is 0 Å². The van der Waals surface area contributed by atoms with Crippen molar-refractivity contribution in [3.63, 3.8) is 0 Å². The van der Waals surface area contributed by atoms with Gasteiger partial charge in [-0.1, -0.05) is 218 Å². The van der Waals surface area contributed by atoms with Gasteiger partial charge in [-0.05, 0) is 104 Å². The first-order valence-corrected chi connectivity index (χ1v) is 22.7. The number of benzene rings is 11. The lowest BCUT2D eigenvalue weighted by atomic mass is 9.93. The maximum Gasteiger partial charge on any atom is 0.0541 e. The predicted molar refractivity (Wildman–Crippen MR) is 280 cm³/mol. The van der Waals surface area contributed by atoms with Gasteiger partial charge in [-0.3, -0.25) is 0 Å². The fourth-order valence-electron chi connectivity index (χ4n) is 9.92. The number of anilines is 3. The van der Waals surface area contributed by atoms with Gasteiger partial charge in [-0.15, -0.1) is 0 Å². The van der Waals surface area contributed by atoms with Gasteiger partial charge in [0.2, 0.25) is 0 Å². The molecule has 1 heterocycles. The molecular formula is C64H44N2. The van der Waals surface area contributed by atoms with Crippen molar-refractivity contribution in [2.45, 2.75) is 0 Å². The molecule has 1 aromatic heterocycles. The second-order valence-electron chi connectivity index (χ2n) is 16.8. The van der Waals surface area contributed by atoms with Gasteiger partial charge in [0.05, 0.1) is 22.4 Å². The fourth-order valence-corrected chi connectivity index (χ4v) is 9.92. The first kappa shape index (κ1) is 38.9. The summed E-state index contributed by atoms with van der Waals surface area (Å²) in [4.78, 5) is 2.41. The molecule has 310 valence electrons.